The first-order valence-corrected chi connectivity index (χ1v) is 19.5. The second kappa shape index (κ2) is 13.6. The van der Waals surface area contributed by atoms with Crippen molar-refractivity contribution in [3.05, 3.63) is 144 Å². The number of fused-ring (bicyclic) bond motifs is 2. The summed E-state index contributed by atoms with van der Waals surface area (Å²) in [7, 11) is -12.3. The Hall–Kier alpha value is -4.54. The second-order valence-electron chi connectivity index (χ2n) is 12.4. The Labute approximate surface area is 299 Å². The molecule has 6 aromatic rings. The van der Waals surface area contributed by atoms with E-state index in [0.717, 1.165) is 36.4 Å². The Bertz CT molecular complexity index is 2310. The van der Waals surface area contributed by atoms with Gasteiger partial charge in [0.25, 0.3) is 0 Å². The molecule has 0 saturated heterocycles. The van der Waals surface area contributed by atoms with Crippen LogP contribution in [0.3, 0.4) is 0 Å². The Balaban J connectivity index is 1.70. The van der Waals surface area contributed by atoms with E-state index >= 15 is 26.3 Å². The van der Waals surface area contributed by atoms with E-state index in [1.54, 1.807) is 0 Å². The van der Waals surface area contributed by atoms with Crippen LogP contribution in [-0.4, -0.2) is 11.8 Å². The van der Waals surface area contributed by atoms with Gasteiger partial charge in [-0.1, -0.05) is 109 Å². The largest absolute Gasteiger partial charge is 0.444 e. The summed E-state index contributed by atoms with van der Waals surface area (Å²) in [6.07, 6.45) is -13.9. The smallest absolute Gasteiger partial charge is 0.309 e. The van der Waals surface area contributed by atoms with Gasteiger partial charge >= 0.3 is 24.2 Å². The summed E-state index contributed by atoms with van der Waals surface area (Å²) in [5.74, 6) is -11.5. The van der Waals surface area contributed by atoms with Crippen LogP contribution < -0.4 is 10.6 Å². The molecule has 0 aliphatic rings. The van der Waals surface area contributed by atoms with E-state index in [4.69, 9.17) is 0 Å². The fraction of sp³-hybridized carbons (Fsp3) is 0.158. The summed E-state index contributed by atoms with van der Waals surface area (Å²) in [6.45, 7) is 0. The molecule has 0 fully saturated rings. The predicted octanol–water partition coefficient (Wildman–Crippen LogP) is 13.1. The lowest BCUT2D eigenvalue weighted by molar-refractivity contribution is -0.137. The van der Waals surface area contributed by atoms with Gasteiger partial charge in [0.2, 0.25) is 14.3 Å². The number of halogens is 12. The van der Waals surface area contributed by atoms with Gasteiger partial charge in [-0.05, 0) is 55.9 Å². The number of hydrogen-bond donors (Lipinski definition) is 0. The Morgan fingerprint density at radius 1 is 0.389 bits per heavy atom. The molecule has 0 spiro atoms. The van der Waals surface area contributed by atoms with Crippen molar-refractivity contribution >= 4 is 46.4 Å². The molecule has 2 nitrogen and oxygen atoms in total. The van der Waals surface area contributed by atoms with Gasteiger partial charge in [-0.3, -0.25) is 0 Å². The highest BCUT2D eigenvalue weighted by molar-refractivity contribution is 7.72. The molecule has 6 aromatic carbocycles. The van der Waals surface area contributed by atoms with Crippen LogP contribution in [0, 0.1) is 0 Å². The predicted molar refractivity (Wildman–Crippen MR) is 184 cm³/mol. The molecule has 0 N–H and O–H groups in total. The highest BCUT2D eigenvalue weighted by Gasteiger charge is 2.57. The molecule has 16 heteroatoms. The lowest BCUT2D eigenvalue weighted by Gasteiger charge is -2.28. The monoisotopic (exact) mass is 802 g/mol. The van der Waals surface area contributed by atoms with Crippen LogP contribution >= 0.6 is 14.3 Å². The highest BCUT2D eigenvalue weighted by atomic mass is 31.2. The number of benzene rings is 6. The molecule has 0 amide bonds. The van der Waals surface area contributed by atoms with E-state index < -0.39 is 83.7 Å². The molecule has 0 aliphatic heterocycles. The maximum Gasteiger partial charge on any atom is 0.444 e. The Kier molecular flexibility index (Phi) is 9.89. The van der Waals surface area contributed by atoms with Crippen molar-refractivity contribution < 1.29 is 61.8 Å². The minimum Gasteiger partial charge on any atom is -0.309 e. The lowest BCUT2D eigenvalue weighted by atomic mass is 9.88. The fourth-order valence-corrected chi connectivity index (χ4v) is 11.2. The third-order valence-electron chi connectivity index (χ3n) is 9.08. The van der Waals surface area contributed by atoms with Gasteiger partial charge in [-0.2, -0.15) is 52.7 Å². The van der Waals surface area contributed by atoms with Crippen molar-refractivity contribution in [1.82, 2.24) is 0 Å². The first-order chi connectivity index (χ1) is 25.1. The number of rotatable bonds is 7. The Morgan fingerprint density at radius 2 is 0.704 bits per heavy atom. The summed E-state index contributed by atoms with van der Waals surface area (Å²) in [4.78, 5) is 0. The van der Waals surface area contributed by atoms with Gasteiger partial charge < -0.3 is 9.13 Å². The lowest BCUT2D eigenvalue weighted by Crippen LogP contribution is -2.27. The van der Waals surface area contributed by atoms with E-state index in [2.05, 4.69) is 0 Å². The van der Waals surface area contributed by atoms with E-state index in [1.165, 1.54) is 60.7 Å². The van der Waals surface area contributed by atoms with Crippen LogP contribution in [0.15, 0.2) is 121 Å². The highest BCUT2D eigenvalue weighted by Crippen LogP contribution is 2.66. The van der Waals surface area contributed by atoms with Gasteiger partial charge in [-0.15, -0.1) is 0 Å². The molecule has 0 aromatic heterocycles. The zero-order valence-electron chi connectivity index (χ0n) is 27.2. The van der Waals surface area contributed by atoms with Crippen molar-refractivity contribution in [2.24, 2.45) is 0 Å². The normalized spacial score (nSPS) is 15.3. The second-order valence-corrected chi connectivity index (χ2v) is 18.0. The number of alkyl halides is 12. The fourth-order valence-electron chi connectivity index (χ4n) is 6.65. The van der Waals surface area contributed by atoms with Crippen molar-refractivity contribution in [1.29, 1.82) is 0 Å². The van der Waals surface area contributed by atoms with Gasteiger partial charge in [-0.25, -0.2) is 0 Å². The third-order valence-corrected chi connectivity index (χ3v) is 14.6. The average Bonchev–Trinajstić information content (AvgIpc) is 3.10. The van der Waals surface area contributed by atoms with Crippen LogP contribution in [0.4, 0.5) is 52.7 Å². The standard InChI is InChI=1S/C38H24F12O2P2/c39-35(40,41)29-13-5-7-15-31(29)53(51,37(45,46)47)21-25-19-17-23-9-1-3-11-27(23)33(25)34-26(20-18-24-10-2-4-12-28(24)34)22-54(52,38(48,49)50)32-16-8-6-14-30(32)36(42,43)44/h1-20H,21-22H2. The summed E-state index contributed by atoms with van der Waals surface area (Å²) in [5, 5.41) is -2.32. The van der Waals surface area contributed by atoms with E-state index in [0.29, 0.717) is 35.0 Å². The minimum atomic E-state index is -6.13. The number of hydrogen-bond acceptors (Lipinski definition) is 2. The summed E-state index contributed by atoms with van der Waals surface area (Å²) >= 11 is 0. The van der Waals surface area contributed by atoms with E-state index in [-0.39, 0.29) is 21.9 Å². The van der Waals surface area contributed by atoms with Crippen molar-refractivity contribution in [2.75, 3.05) is 0 Å². The maximum atomic E-state index is 15.0. The Morgan fingerprint density at radius 3 is 1.04 bits per heavy atom. The van der Waals surface area contributed by atoms with Crippen LogP contribution in [0.2, 0.25) is 0 Å². The zero-order chi connectivity index (χ0) is 39.5. The van der Waals surface area contributed by atoms with Crippen molar-refractivity contribution in [2.45, 2.75) is 36.5 Å². The topological polar surface area (TPSA) is 34.1 Å². The van der Waals surface area contributed by atoms with Gasteiger partial charge in [0, 0.05) is 22.9 Å². The van der Waals surface area contributed by atoms with Crippen LogP contribution in [0.25, 0.3) is 32.7 Å². The van der Waals surface area contributed by atoms with Gasteiger partial charge in [0.15, 0.2) is 0 Å². The molecule has 54 heavy (non-hydrogen) atoms. The quantitative estimate of drug-likeness (QED) is 0.119. The molecule has 6 rings (SSSR count). The molecule has 0 heterocycles. The van der Waals surface area contributed by atoms with Gasteiger partial charge in [0.1, 0.15) is 0 Å². The first-order valence-electron chi connectivity index (χ1n) is 15.7. The molecule has 0 bridgehead atoms. The average molecular weight is 803 g/mol. The maximum absolute atomic E-state index is 15.0. The van der Waals surface area contributed by atoms with Crippen molar-refractivity contribution in [3.63, 3.8) is 0 Å². The molecule has 0 radical (unpaired) electrons. The van der Waals surface area contributed by atoms with Crippen LogP contribution in [0.5, 0.6) is 0 Å². The summed E-state index contributed by atoms with van der Waals surface area (Å²) in [5.41, 5.74) is -5.11. The van der Waals surface area contributed by atoms with Gasteiger partial charge in [0.05, 0.1) is 11.1 Å². The van der Waals surface area contributed by atoms with E-state index in [1.807, 2.05) is 0 Å². The first kappa shape index (κ1) is 39.2. The zero-order valence-corrected chi connectivity index (χ0v) is 29.0. The van der Waals surface area contributed by atoms with Crippen LogP contribution in [-0.2, 0) is 33.8 Å². The SMILES string of the molecule is O=P(Cc1ccc2ccccc2c1-c1c(CP(=O)(c2ccccc2C(F)(F)F)C(F)(F)F)ccc2ccccc12)(c1ccccc1C(F)(F)F)C(F)(F)F. The summed E-state index contributed by atoms with van der Waals surface area (Å²) in [6, 6.07) is 21.4. The van der Waals surface area contributed by atoms with E-state index in [9.17, 15) is 35.5 Å². The van der Waals surface area contributed by atoms with Crippen molar-refractivity contribution in [3.8, 4) is 11.1 Å². The van der Waals surface area contributed by atoms with Crippen LogP contribution in [0.1, 0.15) is 22.3 Å². The molecule has 0 saturated carbocycles. The molecule has 2 unspecified atom stereocenters. The minimum absolute atomic E-state index is 0.0722. The molecule has 2 atom stereocenters. The third kappa shape index (κ3) is 6.94. The molecule has 0 aliphatic carbocycles. The molecular weight excluding hydrogens is 778 g/mol. The molecular formula is C38H24F12O2P2. The summed E-state index contributed by atoms with van der Waals surface area (Å²) < 4.78 is 203. The molecule has 282 valence electrons.